The van der Waals surface area contributed by atoms with E-state index in [-0.39, 0.29) is 46.4 Å². The van der Waals surface area contributed by atoms with Crippen molar-refractivity contribution < 1.29 is 61.2 Å². The van der Waals surface area contributed by atoms with Gasteiger partial charge in [-0.2, -0.15) is 0 Å². The van der Waals surface area contributed by atoms with Crippen molar-refractivity contribution >= 4 is 11.9 Å². The van der Waals surface area contributed by atoms with E-state index in [1.165, 1.54) is 13.8 Å². The molecule has 0 fully saturated rings. The van der Waals surface area contributed by atoms with Crippen LogP contribution in [0.1, 0.15) is 55.4 Å². The number of hydrogen-bond donors (Lipinski definition) is 0. The van der Waals surface area contributed by atoms with Crippen molar-refractivity contribution in [1.29, 1.82) is 0 Å². The van der Waals surface area contributed by atoms with Gasteiger partial charge in [0, 0.05) is 12.2 Å². The maximum Gasteiger partial charge on any atom is 4.00 e. The molecular formula is C20H36O8Ti. The van der Waals surface area contributed by atoms with E-state index >= 15 is 0 Å². The molecule has 0 aromatic heterocycles. The Bertz CT molecular complexity index is 384. The number of ether oxygens (including phenoxy) is 2. The van der Waals surface area contributed by atoms with Crippen LogP contribution in [0, 0.1) is 11.8 Å². The van der Waals surface area contributed by atoms with Crippen molar-refractivity contribution in [3.05, 3.63) is 23.7 Å². The molecule has 0 spiro atoms. The van der Waals surface area contributed by atoms with E-state index in [9.17, 15) is 30.0 Å². The Kier molecular flexibility index (Phi) is 38.1. The summed E-state index contributed by atoms with van der Waals surface area (Å²) in [6.45, 7) is 14.3. The molecular weight excluding hydrogens is 416 g/mol. The monoisotopic (exact) mass is 452 g/mol. The van der Waals surface area contributed by atoms with E-state index in [0.717, 1.165) is 12.2 Å². The third-order valence-corrected chi connectivity index (χ3v) is 1.88. The van der Waals surface area contributed by atoms with Crippen molar-refractivity contribution in [3.63, 3.8) is 0 Å². The van der Waals surface area contributed by atoms with Gasteiger partial charge in [0.1, 0.15) is 0 Å². The first-order chi connectivity index (χ1) is 12.9. The predicted octanol–water partition coefficient (Wildman–Crippen LogP) is -0.370. The van der Waals surface area contributed by atoms with Crippen LogP contribution in [0.3, 0.4) is 0 Å². The summed E-state index contributed by atoms with van der Waals surface area (Å²) < 4.78 is 8.87. The van der Waals surface area contributed by atoms with Gasteiger partial charge in [-0.05, 0) is 13.8 Å². The van der Waals surface area contributed by atoms with Crippen molar-refractivity contribution in [2.75, 3.05) is 26.4 Å². The topological polar surface area (TPSA) is 145 Å². The molecule has 0 unspecified atom stereocenters. The number of rotatable bonds is 6. The summed E-state index contributed by atoms with van der Waals surface area (Å²) in [6, 6.07) is 0. The minimum Gasteiger partial charge on any atom is -0.875 e. The van der Waals surface area contributed by atoms with Crippen molar-refractivity contribution in [2.24, 2.45) is 11.8 Å². The van der Waals surface area contributed by atoms with Gasteiger partial charge in [0.15, 0.2) is 0 Å². The summed E-state index contributed by atoms with van der Waals surface area (Å²) >= 11 is 0. The summed E-state index contributed by atoms with van der Waals surface area (Å²) in [5.74, 6) is -1.04. The van der Waals surface area contributed by atoms with Crippen LogP contribution in [0.2, 0.25) is 0 Å². The average Bonchev–Trinajstić information content (AvgIpc) is 2.55. The fraction of sp³-hybridized carbons (Fsp3) is 0.700. The standard InChI is InChI=1S/2C6H10O3.2C4H9O.Ti/c2*1-3-9-6(8)4-5(2)7;2*1-4(2)3-5;/h2*4,7H,3H2,1-2H3;2*4H,3H2,1-2H3;/q;;2*-1;+4/p-2. The second kappa shape index (κ2) is 28.9. The van der Waals surface area contributed by atoms with Gasteiger partial charge in [-0.1, -0.05) is 53.4 Å². The second-order valence-corrected chi connectivity index (χ2v) is 6.14. The molecule has 0 saturated carbocycles. The molecule has 0 radical (unpaired) electrons. The molecule has 0 atom stereocenters. The van der Waals surface area contributed by atoms with Crippen LogP contribution < -0.4 is 20.4 Å². The molecule has 29 heavy (non-hydrogen) atoms. The molecule has 0 amide bonds. The minimum atomic E-state index is -0.565. The zero-order valence-electron chi connectivity index (χ0n) is 18.9. The van der Waals surface area contributed by atoms with Gasteiger partial charge in [-0.25, -0.2) is 9.59 Å². The fourth-order valence-corrected chi connectivity index (χ4v) is 0.700. The molecule has 0 aromatic carbocycles. The number of carbonyl (C=O) groups is 2. The van der Waals surface area contributed by atoms with Gasteiger partial charge in [0.2, 0.25) is 0 Å². The van der Waals surface area contributed by atoms with Gasteiger partial charge in [-0.3, -0.25) is 0 Å². The minimum absolute atomic E-state index is 0. The molecule has 0 aromatic rings. The molecule has 0 rings (SSSR count). The predicted molar refractivity (Wildman–Crippen MR) is 100 cm³/mol. The Balaban J connectivity index is -0.0000000907. The number of carbonyl (C=O) groups excluding carboxylic acids is 2. The molecule has 9 heteroatoms. The van der Waals surface area contributed by atoms with Crippen LogP contribution in [0.15, 0.2) is 23.7 Å². The Morgan fingerprint density at radius 1 is 0.759 bits per heavy atom. The molecule has 0 aliphatic carbocycles. The van der Waals surface area contributed by atoms with E-state index in [2.05, 4.69) is 9.47 Å². The normalized spacial score (nSPS) is 10.2. The molecule has 0 N–H and O–H groups in total. The summed E-state index contributed by atoms with van der Waals surface area (Å²) in [7, 11) is 0. The van der Waals surface area contributed by atoms with Crippen LogP contribution >= 0.6 is 0 Å². The maximum absolute atomic E-state index is 10.4. The van der Waals surface area contributed by atoms with Crippen LogP contribution in [-0.2, 0) is 40.8 Å². The summed E-state index contributed by atoms with van der Waals surface area (Å²) in [5, 5.41) is 39.6. The first kappa shape index (κ1) is 38.3. The largest absolute Gasteiger partial charge is 4.00 e. The smallest absolute Gasteiger partial charge is 0.875 e. The van der Waals surface area contributed by atoms with E-state index in [1.54, 1.807) is 13.8 Å². The van der Waals surface area contributed by atoms with Gasteiger partial charge < -0.3 is 29.9 Å². The molecule has 0 bridgehead atoms. The first-order valence-electron chi connectivity index (χ1n) is 9.07. The van der Waals surface area contributed by atoms with Gasteiger partial charge in [-0.15, -0.1) is 24.7 Å². The summed E-state index contributed by atoms with van der Waals surface area (Å²) in [4.78, 5) is 20.7. The molecule has 168 valence electrons. The van der Waals surface area contributed by atoms with Crippen LogP contribution in [0.5, 0.6) is 0 Å². The number of hydrogen-bond acceptors (Lipinski definition) is 8. The second-order valence-electron chi connectivity index (χ2n) is 6.14. The van der Waals surface area contributed by atoms with Gasteiger partial charge in [0.25, 0.3) is 0 Å². The molecule has 8 nitrogen and oxygen atoms in total. The first-order valence-corrected chi connectivity index (χ1v) is 9.07. The van der Waals surface area contributed by atoms with Crippen molar-refractivity contribution in [3.8, 4) is 0 Å². The van der Waals surface area contributed by atoms with Crippen LogP contribution in [0.4, 0.5) is 0 Å². The molecule has 0 saturated heterocycles. The third kappa shape index (κ3) is 58.4. The fourth-order valence-electron chi connectivity index (χ4n) is 0.700. The van der Waals surface area contributed by atoms with Gasteiger partial charge >= 0.3 is 33.7 Å². The Morgan fingerprint density at radius 3 is 1.07 bits per heavy atom. The average molecular weight is 452 g/mol. The van der Waals surface area contributed by atoms with Crippen LogP contribution in [-0.4, -0.2) is 38.4 Å². The van der Waals surface area contributed by atoms with E-state index in [1.807, 2.05) is 27.7 Å². The summed E-state index contributed by atoms with van der Waals surface area (Å²) in [6.07, 6.45) is 1.84. The third-order valence-electron chi connectivity index (χ3n) is 1.88. The molecule has 0 aliphatic rings. The van der Waals surface area contributed by atoms with Crippen LogP contribution in [0.25, 0.3) is 0 Å². The zero-order chi connectivity index (χ0) is 23.1. The van der Waals surface area contributed by atoms with Crippen molar-refractivity contribution in [2.45, 2.75) is 55.4 Å². The zero-order valence-corrected chi connectivity index (χ0v) is 20.5. The quantitative estimate of drug-likeness (QED) is 0.230. The van der Waals surface area contributed by atoms with E-state index in [0.29, 0.717) is 25.0 Å². The van der Waals surface area contributed by atoms with E-state index in [4.69, 9.17) is 0 Å². The maximum atomic E-state index is 10.4. The molecule has 0 aliphatic heterocycles. The Morgan fingerprint density at radius 2 is 0.966 bits per heavy atom. The number of esters is 2. The Labute approximate surface area is 190 Å². The van der Waals surface area contributed by atoms with Gasteiger partial charge in [0.05, 0.1) is 13.2 Å². The van der Waals surface area contributed by atoms with E-state index < -0.39 is 11.9 Å². The SMILES string of the molecule is CC(C)C[O-].CC(C)C[O-].CCOC(=O)C=C(C)[O-].CCOC(=O)C=C(C)[O-].[Ti+4]. The summed E-state index contributed by atoms with van der Waals surface area (Å²) in [5.41, 5.74) is 0. The molecule has 0 heterocycles. The number of allylic oxidation sites excluding steroid dienone is 2. The Hall–Kier alpha value is -1.35. The van der Waals surface area contributed by atoms with Crippen molar-refractivity contribution in [1.82, 2.24) is 0 Å².